The van der Waals surface area contributed by atoms with E-state index in [1.165, 1.54) is 12.8 Å². The van der Waals surface area contributed by atoms with Crippen molar-refractivity contribution < 1.29 is 0 Å². The third-order valence-electron chi connectivity index (χ3n) is 4.05. The van der Waals surface area contributed by atoms with Gasteiger partial charge >= 0.3 is 0 Å². The summed E-state index contributed by atoms with van der Waals surface area (Å²) in [4.78, 5) is 8.53. The first-order valence-corrected chi connectivity index (χ1v) is 8.17. The Kier molecular flexibility index (Phi) is 3.75. The summed E-state index contributed by atoms with van der Waals surface area (Å²) in [7, 11) is 0. The maximum Gasteiger partial charge on any atom is 0.138 e. The SMILES string of the molecule is Clc1ccc(Nc2nccc3cc(NCC4CC4)ccc23)cn1. The van der Waals surface area contributed by atoms with Crippen molar-refractivity contribution in [1.82, 2.24) is 9.97 Å². The minimum Gasteiger partial charge on any atom is -0.385 e. The van der Waals surface area contributed by atoms with Gasteiger partial charge in [-0.2, -0.15) is 0 Å². The summed E-state index contributed by atoms with van der Waals surface area (Å²) < 4.78 is 0. The summed E-state index contributed by atoms with van der Waals surface area (Å²) in [5.41, 5.74) is 2.03. The van der Waals surface area contributed by atoms with Crippen LogP contribution < -0.4 is 10.6 Å². The second kappa shape index (κ2) is 6.05. The van der Waals surface area contributed by atoms with Crippen LogP contribution in [0, 0.1) is 5.92 Å². The molecule has 3 aromatic rings. The molecule has 0 atom stereocenters. The number of hydrogen-bond donors (Lipinski definition) is 2. The summed E-state index contributed by atoms with van der Waals surface area (Å²) in [6.07, 6.45) is 6.23. The zero-order valence-electron chi connectivity index (χ0n) is 12.6. The lowest BCUT2D eigenvalue weighted by atomic mass is 10.1. The largest absolute Gasteiger partial charge is 0.385 e. The molecule has 0 bridgehead atoms. The topological polar surface area (TPSA) is 49.8 Å². The molecule has 1 aliphatic rings. The average molecular weight is 325 g/mol. The van der Waals surface area contributed by atoms with E-state index in [1.807, 2.05) is 18.3 Å². The molecule has 0 radical (unpaired) electrons. The van der Waals surface area contributed by atoms with E-state index in [2.05, 4.69) is 38.8 Å². The molecule has 116 valence electrons. The van der Waals surface area contributed by atoms with Crippen molar-refractivity contribution in [3.63, 3.8) is 0 Å². The molecule has 1 aliphatic carbocycles. The van der Waals surface area contributed by atoms with Gasteiger partial charge in [0.05, 0.1) is 11.9 Å². The lowest BCUT2D eigenvalue weighted by Crippen LogP contribution is -2.03. The minimum absolute atomic E-state index is 0.479. The Bertz CT molecular complexity index is 828. The number of halogens is 1. The van der Waals surface area contributed by atoms with Gasteiger partial charge in [-0.05, 0) is 60.5 Å². The van der Waals surface area contributed by atoms with E-state index in [9.17, 15) is 0 Å². The number of nitrogens with one attached hydrogen (secondary N) is 2. The number of benzene rings is 1. The van der Waals surface area contributed by atoms with Gasteiger partial charge in [0.25, 0.3) is 0 Å². The van der Waals surface area contributed by atoms with E-state index in [4.69, 9.17) is 11.6 Å². The number of rotatable bonds is 5. The number of nitrogens with zero attached hydrogens (tertiary/aromatic N) is 2. The molecule has 4 rings (SSSR count). The molecule has 23 heavy (non-hydrogen) atoms. The van der Waals surface area contributed by atoms with Gasteiger partial charge in [0, 0.05) is 23.8 Å². The van der Waals surface area contributed by atoms with E-state index in [-0.39, 0.29) is 0 Å². The second-order valence-corrected chi connectivity index (χ2v) is 6.30. The van der Waals surface area contributed by atoms with Crippen molar-refractivity contribution >= 4 is 39.6 Å². The molecule has 0 spiro atoms. The van der Waals surface area contributed by atoms with Crippen molar-refractivity contribution in [3.8, 4) is 0 Å². The molecule has 2 heterocycles. The molecule has 0 unspecified atom stereocenters. The highest BCUT2D eigenvalue weighted by Crippen LogP contribution is 2.30. The standard InChI is InChI=1S/C18H17ClN4/c19-17-6-4-15(11-22-17)23-18-16-5-3-14(21-10-12-1-2-12)9-13(16)7-8-20-18/h3-9,11-12,21H,1-2,10H2,(H,20,23). The first-order valence-electron chi connectivity index (χ1n) is 7.79. The Morgan fingerprint density at radius 3 is 2.70 bits per heavy atom. The Morgan fingerprint density at radius 1 is 1.04 bits per heavy atom. The Labute approximate surface area is 139 Å². The zero-order valence-corrected chi connectivity index (χ0v) is 13.3. The van der Waals surface area contributed by atoms with Crippen LogP contribution in [0.2, 0.25) is 5.15 Å². The van der Waals surface area contributed by atoms with Crippen molar-refractivity contribution in [1.29, 1.82) is 0 Å². The molecular formula is C18H17ClN4. The van der Waals surface area contributed by atoms with Crippen molar-refractivity contribution in [2.45, 2.75) is 12.8 Å². The van der Waals surface area contributed by atoms with Crippen LogP contribution in [0.4, 0.5) is 17.2 Å². The van der Waals surface area contributed by atoms with Gasteiger partial charge in [-0.25, -0.2) is 9.97 Å². The van der Waals surface area contributed by atoms with Crippen LogP contribution in [-0.2, 0) is 0 Å². The van der Waals surface area contributed by atoms with Gasteiger partial charge in [-0.1, -0.05) is 11.6 Å². The third kappa shape index (κ3) is 3.37. The van der Waals surface area contributed by atoms with Gasteiger partial charge in [-0.3, -0.25) is 0 Å². The van der Waals surface area contributed by atoms with Crippen LogP contribution in [0.25, 0.3) is 10.8 Å². The van der Waals surface area contributed by atoms with Crippen molar-refractivity contribution in [3.05, 3.63) is 53.9 Å². The summed E-state index contributed by atoms with van der Waals surface area (Å²) in [5, 5.41) is 9.53. The Hall–Kier alpha value is -2.33. The maximum atomic E-state index is 5.82. The number of pyridine rings is 2. The number of fused-ring (bicyclic) bond motifs is 1. The molecular weight excluding hydrogens is 308 g/mol. The van der Waals surface area contributed by atoms with Gasteiger partial charge in [-0.15, -0.1) is 0 Å². The molecule has 0 saturated heterocycles. The number of aromatic nitrogens is 2. The van der Waals surface area contributed by atoms with Gasteiger partial charge in [0.15, 0.2) is 0 Å². The number of anilines is 3. The monoisotopic (exact) mass is 324 g/mol. The van der Waals surface area contributed by atoms with E-state index in [0.29, 0.717) is 5.15 Å². The molecule has 0 aliphatic heterocycles. The van der Waals surface area contributed by atoms with Crippen LogP contribution in [0.15, 0.2) is 48.8 Å². The van der Waals surface area contributed by atoms with Crippen LogP contribution >= 0.6 is 11.6 Å². The Balaban J connectivity index is 1.60. The fourth-order valence-electron chi connectivity index (χ4n) is 2.56. The number of hydrogen-bond acceptors (Lipinski definition) is 4. The van der Waals surface area contributed by atoms with Crippen LogP contribution in [0.5, 0.6) is 0 Å². The second-order valence-electron chi connectivity index (χ2n) is 5.91. The van der Waals surface area contributed by atoms with E-state index in [1.54, 1.807) is 12.3 Å². The highest BCUT2D eigenvalue weighted by atomic mass is 35.5. The van der Waals surface area contributed by atoms with Crippen LogP contribution in [-0.4, -0.2) is 16.5 Å². The molecule has 4 nitrogen and oxygen atoms in total. The normalized spacial score (nSPS) is 14.0. The van der Waals surface area contributed by atoms with Gasteiger partial charge in [0.1, 0.15) is 11.0 Å². The van der Waals surface area contributed by atoms with E-state index >= 15 is 0 Å². The van der Waals surface area contributed by atoms with E-state index < -0.39 is 0 Å². The maximum absolute atomic E-state index is 5.82. The lowest BCUT2D eigenvalue weighted by molar-refractivity contribution is 0.889. The Morgan fingerprint density at radius 2 is 1.91 bits per heavy atom. The first kappa shape index (κ1) is 14.3. The molecule has 2 N–H and O–H groups in total. The smallest absolute Gasteiger partial charge is 0.138 e. The summed E-state index contributed by atoms with van der Waals surface area (Å²) in [6, 6.07) is 12.1. The fraction of sp³-hybridized carbons (Fsp3) is 0.222. The van der Waals surface area contributed by atoms with Crippen molar-refractivity contribution in [2.75, 3.05) is 17.2 Å². The van der Waals surface area contributed by atoms with Crippen LogP contribution in [0.1, 0.15) is 12.8 Å². The highest BCUT2D eigenvalue weighted by Gasteiger charge is 2.20. The molecule has 0 amide bonds. The average Bonchev–Trinajstić information content (AvgIpc) is 3.39. The minimum atomic E-state index is 0.479. The van der Waals surface area contributed by atoms with Gasteiger partial charge < -0.3 is 10.6 Å². The molecule has 1 aromatic carbocycles. The first-order chi connectivity index (χ1) is 11.3. The van der Waals surface area contributed by atoms with Gasteiger partial charge in [0.2, 0.25) is 0 Å². The third-order valence-corrected chi connectivity index (χ3v) is 4.27. The lowest BCUT2D eigenvalue weighted by Gasteiger charge is -2.11. The zero-order chi connectivity index (χ0) is 15.6. The van der Waals surface area contributed by atoms with Crippen LogP contribution in [0.3, 0.4) is 0 Å². The van der Waals surface area contributed by atoms with E-state index in [0.717, 1.165) is 40.4 Å². The molecule has 5 heteroatoms. The molecule has 1 fully saturated rings. The van der Waals surface area contributed by atoms with Crippen molar-refractivity contribution in [2.24, 2.45) is 5.92 Å². The summed E-state index contributed by atoms with van der Waals surface area (Å²) in [5.74, 6) is 1.68. The molecule has 2 aromatic heterocycles. The predicted octanol–water partition coefficient (Wildman–Crippen LogP) is 4.85. The quantitative estimate of drug-likeness (QED) is 0.659. The summed E-state index contributed by atoms with van der Waals surface area (Å²) >= 11 is 5.82. The predicted molar refractivity (Wildman–Crippen MR) is 95.5 cm³/mol. The molecule has 1 saturated carbocycles. The summed E-state index contributed by atoms with van der Waals surface area (Å²) in [6.45, 7) is 1.07. The fourth-order valence-corrected chi connectivity index (χ4v) is 2.67. The highest BCUT2D eigenvalue weighted by molar-refractivity contribution is 6.29.